The summed E-state index contributed by atoms with van der Waals surface area (Å²) in [6.45, 7) is 12.2. The van der Waals surface area contributed by atoms with Crippen molar-refractivity contribution in [3.8, 4) is 0 Å². The smallest absolute Gasteiger partial charge is 0.187 e. The topological polar surface area (TPSA) is 526 Å². The Bertz CT molecular complexity index is 2610. The standard InChI is InChI=1S/C66H112O32/c1-25(9-13-37(63(4,5)87)97-61-56(98-60-54(86)49(81)42(74)32(22-70)93-60)50(82)44(76)34(95-61)24-89-59-53(85)48(80)41(73)31(21-69)92-59)26-15-16-66(8)35-12-10-27-28(64(35,6)17-18-65(26,66)7)11-14-36(62(27,2)3)96-57-38(55-51(83)46(78)39(71)29(19-67)90-55)45(77)43(75)33(94-57)23-88-58-52(84)47(79)40(72)30(20-68)91-58/h10,25-26,28-61,67-87H,9,11-24H2,1-8H3/t25-,26?,28?,29+,30-,31-,32+,33-,34-,35?,36+,37-,38+,39+,40-,41-,42+,43-,44-,45-,46-,47+,48+,49-,50+,51+,52-,53-,54+,55?,56-,57+,58-,59-,60-,61+,64+,65-,66+/m1/s1. The van der Waals surface area contributed by atoms with E-state index in [9.17, 15) is 107 Å². The third-order valence-corrected chi connectivity index (χ3v) is 25.2. The van der Waals surface area contributed by atoms with Gasteiger partial charge < -0.3 is 159 Å². The maximum atomic E-state index is 12.1. The molecule has 39 atom stereocenters. The maximum absolute atomic E-state index is 12.1. The van der Waals surface area contributed by atoms with Crippen LogP contribution in [0, 0.1) is 51.2 Å². The van der Waals surface area contributed by atoms with Crippen molar-refractivity contribution in [3.05, 3.63) is 11.6 Å². The van der Waals surface area contributed by atoms with Crippen molar-refractivity contribution in [1.82, 2.24) is 0 Å². The zero-order valence-electron chi connectivity index (χ0n) is 56.9. The van der Waals surface area contributed by atoms with Gasteiger partial charge in [-0.1, -0.05) is 53.2 Å². The molecule has 10 rings (SSSR count). The van der Waals surface area contributed by atoms with Gasteiger partial charge in [-0.2, -0.15) is 0 Å². The van der Waals surface area contributed by atoms with Crippen LogP contribution in [0.25, 0.3) is 0 Å². The largest absolute Gasteiger partial charge is 0.394 e. The molecule has 6 heterocycles. The van der Waals surface area contributed by atoms with Gasteiger partial charge in [-0.25, -0.2) is 0 Å². The number of hydrogen-bond donors (Lipinski definition) is 21. The Morgan fingerprint density at radius 2 is 0.929 bits per heavy atom. The summed E-state index contributed by atoms with van der Waals surface area (Å²) in [5.41, 5.74) is -1.72. The Kier molecular flexibility index (Phi) is 24.8. The molecule has 0 aromatic rings. The van der Waals surface area contributed by atoms with Crippen LogP contribution < -0.4 is 0 Å². The molecule has 98 heavy (non-hydrogen) atoms. The van der Waals surface area contributed by atoms with Gasteiger partial charge in [-0.15, -0.1) is 0 Å². The first-order valence-corrected chi connectivity index (χ1v) is 34.8. The molecule has 6 saturated heterocycles. The molecule has 0 aromatic heterocycles. The molecule has 0 radical (unpaired) electrons. The second-order valence-corrected chi connectivity index (χ2v) is 31.5. The van der Waals surface area contributed by atoms with E-state index in [1.165, 1.54) is 19.4 Å². The number of rotatable bonds is 22. The van der Waals surface area contributed by atoms with Crippen molar-refractivity contribution in [3.63, 3.8) is 0 Å². The lowest BCUT2D eigenvalue weighted by atomic mass is 9.39. The fraction of sp³-hybridized carbons (Fsp3) is 0.970. The van der Waals surface area contributed by atoms with E-state index in [4.69, 9.17) is 52.1 Å². The predicted molar refractivity (Wildman–Crippen MR) is 330 cm³/mol. The van der Waals surface area contributed by atoms with E-state index in [0.717, 1.165) is 32.1 Å². The van der Waals surface area contributed by atoms with Gasteiger partial charge in [0.1, 0.15) is 134 Å². The summed E-state index contributed by atoms with van der Waals surface area (Å²) < 4.78 is 66.5. The summed E-state index contributed by atoms with van der Waals surface area (Å²) >= 11 is 0. The van der Waals surface area contributed by atoms with Crippen molar-refractivity contribution in [2.45, 2.75) is 309 Å². The highest BCUT2D eigenvalue weighted by molar-refractivity contribution is 5.31. The number of aliphatic hydroxyl groups excluding tert-OH is 20. The normalized spacial score (nSPS) is 52.1. The van der Waals surface area contributed by atoms with Crippen LogP contribution in [0.4, 0.5) is 0 Å². The Balaban J connectivity index is 0.846. The quantitative estimate of drug-likeness (QED) is 0.0448. The van der Waals surface area contributed by atoms with Gasteiger partial charge >= 0.3 is 0 Å². The molecule has 32 heteroatoms. The molecule has 0 aromatic carbocycles. The van der Waals surface area contributed by atoms with Crippen molar-refractivity contribution >= 4 is 0 Å². The number of allylic oxidation sites excluding steroid dienone is 1. The number of ether oxygens (including phenoxy) is 11. The van der Waals surface area contributed by atoms with Gasteiger partial charge in [0.25, 0.3) is 0 Å². The van der Waals surface area contributed by atoms with Crippen molar-refractivity contribution < 1.29 is 159 Å². The summed E-state index contributed by atoms with van der Waals surface area (Å²) in [6.07, 6.45) is -42.5. The minimum Gasteiger partial charge on any atom is -0.394 e. The lowest BCUT2D eigenvalue weighted by molar-refractivity contribution is -0.380. The Labute approximate surface area is 569 Å². The minimum atomic E-state index is -1.96. The molecule has 4 unspecified atom stereocenters. The van der Waals surface area contributed by atoms with Crippen LogP contribution in [0.1, 0.15) is 113 Å². The van der Waals surface area contributed by atoms with E-state index >= 15 is 0 Å². The van der Waals surface area contributed by atoms with Gasteiger partial charge in [0.05, 0.1) is 75.6 Å². The van der Waals surface area contributed by atoms with Crippen LogP contribution >= 0.6 is 0 Å². The summed E-state index contributed by atoms with van der Waals surface area (Å²) in [5.74, 6) is -0.916. The van der Waals surface area contributed by atoms with Crippen LogP contribution in [0.3, 0.4) is 0 Å². The van der Waals surface area contributed by atoms with Gasteiger partial charge in [0.15, 0.2) is 31.5 Å². The van der Waals surface area contributed by atoms with Crippen LogP contribution in [0.5, 0.6) is 0 Å². The number of fused-ring (bicyclic) bond motifs is 5. The van der Waals surface area contributed by atoms with Crippen molar-refractivity contribution in [2.24, 2.45) is 51.2 Å². The number of aliphatic hydroxyl groups is 21. The molecule has 0 spiro atoms. The second kappa shape index (κ2) is 30.7. The van der Waals surface area contributed by atoms with Crippen LogP contribution in [-0.2, 0) is 52.1 Å². The first kappa shape index (κ1) is 79.0. The molecule has 3 saturated carbocycles. The Morgan fingerprint density at radius 1 is 0.469 bits per heavy atom. The molecule has 21 N–H and O–H groups in total. The monoisotopic (exact) mass is 1420 g/mol. The highest BCUT2D eigenvalue weighted by Crippen LogP contribution is 2.75. The molecule has 32 nitrogen and oxygen atoms in total. The van der Waals surface area contributed by atoms with E-state index in [-0.39, 0.29) is 46.3 Å². The van der Waals surface area contributed by atoms with E-state index < -0.39 is 247 Å². The van der Waals surface area contributed by atoms with E-state index in [0.29, 0.717) is 19.3 Å². The Hall–Kier alpha value is -1.54. The predicted octanol–water partition coefficient (Wildman–Crippen LogP) is -6.28. The summed E-state index contributed by atoms with van der Waals surface area (Å²) in [4.78, 5) is 0. The molecule has 0 amide bonds. The zero-order valence-corrected chi connectivity index (χ0v) is 56.9. The summed E-state index contributed by atoms with van der Waals surface area (Å²) in [7, 11) is 0. The molecule has 4 aliphatic carbocycles. The highest BCUT2D eigenvalue weighted by atomic mass is 16.8. The molecule has 10 aliphatic rings. The fourth-order valence-electron chi connectivity index (χ4n) is 18.8. The zero-order chi connectivity index (χ0) is 72.0. The molecule has 568 valence electrons. The second-order valence-electron chi connectivity index (χ2n) is 31.5. The minimum absolute atomic E-state index is 0.0358. The molecular formula is C66H112O32. The average molecular weight is 1420 g/mol. The number of hydrogen-bond acceptors (Lipinski definition) is 32. The van der Waals surface area contributed by atoms with E-state index in [1.54, 1.807) is 0 Å². The fourth-order valence-corrected chi connectivity index (χ4v) is 18.8. The molecule has 6 aliphatic heterocycles. The van der Waals surface area contributed by atoms with Crippen molar-refractivity contribution in [1.29, 1.82) is 0 Å². The van der Waals surface area contributed by atoms with Gasteiger partial charge in [0, 0.05) is 5.41 Å². The van der Waals surface area contributed by atoms with Gasteiger partial charge in [-0.3, -0.25) is 0 Å². The Morgan fingerprint density at radius 3 is 1.45 bits per heavy atom. The maximum Gasteiger partial charge on any atom is 0.187 e. The molecule has 9 fully saturated rings. The summed E-state index contributed by atoms with van der Waals surface area (Å²) in [6, 6.07) is 0. The van der Waals surface area contributed by atoms with Crippen molar-refractivity contribution in [2.75, 3.05) is 39.6 Å². The molecular weight excluding hydrogens is 1300 g/mol. The van der Waals surface area contributed by atoms with Crippen LogP contribution in [0.15, 0.2) is 11.6 Å². The van der Waals surface area contributed by atoms with Gasteiger partial charge in [0.2, 0.25) is 0 Å². The SMILES string of the molecule is C[C@H](CC[C@@H](O[C@@H]1O[C@H](CO[C@@H]2O[C@H](CO)[C@@H](O)[C@H](O)[C@H]2O)[C@@H](O)[C@H](O)[C@H]1O[C@H]1O[C@@H](CO)[C@H](O)[C@@H](O)[C@@H]1O)C(C)(C)O)C1CC[C@@]2(C)C3CC=C4C(CC[C@H](O[C@@H]5O[C@H](CO[C@@H]6O[C@H](CO)[C@@H](O)[C@H](O)[C@H]6O)[C@@H](O)[C@H](O)[C@H]5C5O[C@@H](CO)[C@H](O)[C@@H](O)[C@@H]5O)C4(C)C)[C@]3(C)CC[C@]12C. The third kappa shape index (κ3) is 14.4. The third-order valence-electron chi connectivity index (χ3n) is 25.2. The first-order chi connectivity index (χ1) is 45.9. The average Bonchev–Trinajstić information content (AvgIpc) is 1.25. The van der Waals surface area contributed by atoms with E-state index in [1.807, 2.05) is 0 Å². The van der Waals surface area contributed by atoms with Crippen LogP contribution in [-0.4, -0.2) is 343 Å². The first-order valence-electron chi connectivity index (χ1n) is 34.8. The lowest BCUT2D eigenvalue weighted by Crippen LogP contribution is -2.68. The van der Waals surface area contributed by atoms with Crippen LogP contribution in [0.2, 0.25) is 0 Å². The van der Waals surface area contributed by atoms with Gasteiger partial charge in [-0.05, 0) is 112 Å². The molecule has 0 bridgehead atoms. The highest BCUT2D eigenvalue weighted by Gasteiger charge is 2.68. The summed E-state index contributed by atoms with van der Waals surface area (Å²) in [5, 5.41) is 227. The van der Waals surface area contributed by atoms with E-state index in [2.05, 4.69) is 47.6 Å². The lowest BCUT2D eigenvalue weighted by Gasteiger charge is -2.66.